The van der Waals surface area contributed by atoms with Crippen LogP contribution in [-0.2, 0) is 0 Å². The molecule has 0 radical (unpaired) electrons. The van der Waals surface area contributed by atoms with Gasteiger partial charge in [-0.2, -0.15) is 0 Å². The molecule has 7 heteroatoms. The van der Waals surface area contributed by atoms with Crippen molar-refractivity contribution in [2.45, 2.75) is 0 Å². The molecule has 0 aliphatic carbocycles. The van der Waals surface area contributed by atoms with Crippen LogP contribution in [0.5, 0.6) is 0 Å². The molecule has 4 N–H and O–H groups in total. The van der Waals surface area contributed by atoms with Gasteiger partial charge in [0.15, 0.2) is 5.69 Å². The quantitative estimate of drug-likeness (QED) is 0.433. The maximum atomic E-state index is 11.6. The van der Waals surface area contributed by atoms with E-state index in [0.29, 0.717) is 9.79 Å². The topological polar surface area (TPSA) is 114 Å². The number of benzene rings is 1. The highest BCUT2D eigenvalue weighted by atomic mass is 16.5. The Balaban J connectivity index is 2.57. The number of hydrogen-bond acceptors (Lipinski definition) is 5. The summed E-state index contributed by atoms with van der Waals surface area (Å²) in [4.78, 5) is 11.1. The van der Waals surface area contributed by atoms with Crippen LogP contribution >= 0.6 is 0 Å². The molecule has 2 rings (SSSR count). The minimum Gasteiger partial charge on any atom is -0.710 e. The molecule has 0 bridgehead atoms. The first-order valence-corrected chi connectivity index (χ1v) is 5.31. The van der Waals surface area contributed by atoms with Gasteiger partial charge in [0.1, 0.15) is 11.3 Å². The van der Waals surface area contributed by atoms with Crippen LogP contribution in [0.1, 0.15) is 10.4 Å². The fourth-order valence-corrected chi connectivity index (χ4v) is 1.67. The fraction of sp³-hybridized carbons (Fsp3) is 0. The van der Waals surface area contributed by atoms with Crippen molar-refractivity contribution >= 4 is 23.2 Å². The Labute approximate surface area is 108 Å². The van der Waals surface area contributed by atoms with Crippen LogP contribution in [0.3, 0.4) is 0 Å². The van der Waals surface area contributed by atoms with Crippen LogP contribution in [0, 0.1) is 5.21 Å². The van der Waals surface area contributed by atoms with Crippen LogP contribution < -0.4 is 15.5 Å². The maximum absolute atomic E-state index is 11.6. The lowest BCUT2D eigenvalue weighted by Gasteiger charge is -2.16. The summed E-state index contributed by atoms with van der Waals surface area (Å²) in [6, 6.07) is 8.59. The second-order valence-electron chi connectivity index (χ2n) is 3.75. The minimum absolute atomic E-state index is 0.0280. The number of carboxylic acids is 1. The summed E-state index contributed by atoms with van der Waals surface area (Å²) < 4.78 is 0.355. The van der Waals surface area contributed by atoms with E-state index in [2.05, 4.69) is 0 Å². The molecule has 1 heterocycles. The number of para-hydroxylation sites is 1. The highest BCUT2D eigenvalue weighted by Crippen LogP contribution is 2.27. The van der Waals surface area contributed by atoms with Crippen LogP contribution in [-0.4, -0.2) is 16.3 Å². The largest absolute Gasteiger partial charge is 0.710 e. The molecule has 0 atom stereocenters. The van der Waals surface area contributed by atoms with Gasteiger partial charge in [0, 0.05) is 0 Å². The van der Waals surface area contributed by atoms with E-state index >= 15 is 0 Å². The first kappa shape index (κ1) is 12.7. The monoisotopic (exact) mass is 261 g/mol. The Morgan fingerprint density at radius 2 is 1.95 bits per heavy atom. The Kier molecular flexibility index (Phi) is 3.21. The molecule has 1 aromatic heterocycles. The first-order valence-electron chi connectivity index (χ1n) is 5.31. The molecule has 19 heavy (non-hydrogen) atoms. The summed E-state index contributed by atoms with van der Waals surface area (Å²) in [6.07, 6.45) is 1.15. The molecule has 0 fully saturated rings. The lowest BCUT2D eigenvalue weighted by Crippen LogP contribution is -2.35. The van der Waals surface area contributed by atoms with Gasteiger partial charge in [0.25, 0.3) is 0 Å². The van der Waals surface area contributed by atoms with Crippen molar-refractivity contribution in [2.75, 3.05) is 10.8 Å². The van der Waals surface area contributed by atoms with Gasteiger partial charge >= 0.3 is 11.8 Å². The smallest absolute Gasteiger partial charge is 0.340 e. The van der Waals surface area contributed by atoms with Gasteiger partial charge in [-0.25, -0.2) is 14.7 Å². The van der Waals surface area contributed by atoms with E-state index in [4.69, 9.17) is 10.8 Å². The zero-order valence-electron chi connectivity index (χ0n) is 9.72. The van der Waals surface area contributed by atoms with Crippen molar-refractivity contribution in [1.82, 2.24) is 0 Å². The predicted molar refractivity (Wildman–Crippen MR) is 67.1 cm³/mol. The van der Waals surface area contributed by atoms with Crippen LogP contribution in [0.25, 0.3) is 0 Å². The number of nitrogens with two attached hydrogens (primary N) is 1. The highest BCUT2D eigenvalue weighted by molar-refractivity contribution is 5.95. The number of rotatable bonds is 3. The third-order valence-electron chi connectivity index (χ3n) is 2.53. The van der Waals surface area contributed by atoms with Gasteiger partial charge in [0.2, 0.25) is 0 Å². The molecule has 0 amide bonds. The number of aromatic carboxylic acids is 1. The van der Waals surface area contributed by atoms with Gasteiger partial charge in [-0.3, -0.25) is 0 Å². The molecule has 0 saturated carbocycles. The number of pyridine rings is 1. The summed E-state index contributed by atoms with van der Waals surface area (Å²) in [5, 5.41) is 31.2. The standard InChI is InChI=1S/C12H11N3O4/c13-9-5-3-7-14(18)11(9)15(19)10-6-2-1-4-8(10)12(16)17/h1-7,19H,13H2,(H,16,17). The van der Waals surface area contributed by atoms with Gasteiger partial charge in [-0.15, -0.1) is 0 Å². The van der Waals surface area contributed by atoms with E-state index in [1.807, 2.05) is 0 Å². The molecular weight excluding hydrogens is 250 g/mol. The molecule has 2 aromatic rings. The molecule has 7 nitrogen and oxygen atoms in total. The van der Waals surface area contributed by atoms with Crippen molar-refractivity contribution in [1.29, 1.82) is 0 Å². The normalized spacial score (nSPS) is 10.2. The molecule has 0 saturated heterocycles. The Bertz CT molecular complexity index is 610. The third-order valence-corrected chi connectivity index (χ3v) is 2.53. The lowest BCUT2D eigenvalue weighted by molar-refractivity contribution is -0.593. The van der Waals surface area contributed by atoms with Crippen LogP contribution in [0.4, 0.5) is 17.2 Å². The molecule has 0 aliphatic heterocycles. The number of hydrogen-bond donors (Lipinski definition) is 3. The molecule has 0 aliphatic rings. The summed E-state index contributed by atoms with van der Waals surface area (Å²) in [5.41, 5.74) is 5.45. The number of carbonyl (C=O) groups is 1. The summed E-state index contributed by atoms with van der Waals surface area (Å²) in [7, 11) is 0. The number of carboxylic acid groups (broad SMARTS) is 1. The van der Waals surface area contributed by atoms with Crippen molar-refractivity contribution in [2.24, 2.45) is 0 Å². The Hall–Kier alpha value is -2.80. The second kappa shape index (κ2) is 4.83. The molecule has 1 aromatic carbocycles. The number of nitrogen functional groups attached to an aromatic ring is 1. The Morgan fingerprint density at radius 3 is 2.58 bits per heavy atom. The molecule has 0 spiro atoms. The molecular formula is C12H11N3O4. The molecule has 0 unspecified atom stereocenters. The SMILES string of the molecule is Nc1ccc[n+]([O-])c1N(O)c1ccccc1C(=O)O. The number of anilines is 3. The highest BCUT2D eigenvalue weighted by Gasteiger charge is 2.26. The third kappa shape index (κ3) is 2.26. The van der Waals surface area contributed by atoms with Gasteiger partial charge in [0.05, 0.1) is 6.20 Å². The van der Waals surface area contributed by atoms with Crippen molar-refractivity contribution in [3.05, 3.63) is 53.4 Å². The van der Waals surface area contributed by atoms with Gasteiger partial charge < -0.3 is 16.0 Å². The first-order chi connectivity index (χ1) is 9.02. The average molecular weight is 261 g/mol. The van der Waals surface area contributed by atoms with Crippen molar-refractivity contribution < 1.29 is 19.8 Å². The summed E-state index contributed by atoms with van der Waals surface area (Å²) in [5.74, 6) is -1.47. The van der Waals surface area contributed by atoms with E-state index in [-0.39, 0.29) is 22.8 Å². The van der Waals surface area contributed by atoms with Crippen molar-refractivity contribution in [3.63, 3.8) is 0 Å². The van der Waals surface area contributed by atoms with Gasteiger partial charge in [-0.05, 0) is 24.3 Å². The Morgan fingerprint density at radius 1 is 1.26 bits per heavy atom. The second-order valence-corrected chi connectivity index (χ2v) is 3.75. The lowest BCUT2D eigenvalue weighted by atomic mass is 10.1. The summed E-state index contributed by atoms with van der Waals surface area (Å²) in [6.45, 7) is 0. The van der Waals surface area contributed by atoms with E-state index in [1.54, 1.807) is 6.07 Å². The van der Waals surface area contributed by atoms with E-state index in [1.165, 1.54) is 30.3 Å². The van der Waals surface area contributed by atoms with Crippen LogP contribution in [0.15, 0.2) is 42.6 Å². The number of nitrogens with zero attached hydrogens (tertiary/aromatic N) is 2. The molecule has 98 valence electrons. The average Bonchev–Trinajstić information content (AvgIpc) is 2.38. The van der Waals surface area contributed by atoms with Crippen LogP contribution in [0.2, 0.25) is 0 Å². The van der Waals surface area contributed by atoms with E-state index in [9.17, 15) is 15.2 Å². The van der Waals surface area contributed by atoms with Crippen molar-refractivity contribution in [3.8, 4) is 0 Å². The minimum atomic E-state index is -1.22. The van der Waals surface area contributed by atoms with Gasteiger partial charge in [-0.1, -0.05) is 17.2 Å². The fourth-order valence-electron chi connectivity index (χ4n) is 1.67. The van der Waals surface area contributed by atoms with E-state index < -0.39 is 5.97 Å². The van der Waals surface area contributed by atoms with E-state index in [0.717, 1.165) is 6.20 Å². The maximum Gasteiger partial charge on any atom is 0.340 e. The zero-order chi connectivity index (χ0) is 14.0. The predicted octanol–water partition coefficient (Wildman–Crippen LogP) is 1.13. The zero-order valence-corrected chi connectivity index (χ0v) is 9.72. The number of aromatic nitrogens is 1. The summed E-state index contributed by atoms with van der Waals surface area (Å²) >= 11 is 0.